The van der Waals surface area contributed by atoms with Gasteiger partial charge in [-0.1, -0.05) is 12.5 Å². The quantitative estimate of drug-likeness (QED) is 0.861. The van der Waals surface area contributed by atoms with Gasteiger partial charge in [-0.2, -0.15) is 0 Å². The Morgan fingerprint density at radius 3 is 2.64 bits per heavy atom. The molecule has 1 heterocycles. The number of rotatable bonds is 3. The van der Waals surface area contributed by atoms with Crippen molar-refractivity contribution in [3.8, 4) is 0 Å². The summed E-state index contributed by atoms with van der Waals surface area (Å²) in [5.74, 6) is 0. The number of aryl methyl sites for hydroxylation is 1. The Hall–Kier alpha value is -1.60. The standard InChI is InChI=1S/C18H26N2O4S/c1-13-5-6-15(25(2,22)23)14(12-13)19-17(21)20-16-4-3-7-18(16)8-10-24-11-9-18/h5-6,12,16H,3-4,7-11H2,1-2H3,(H2,19,20,21). The molecule has 0 aromatic heterocycles. The van der Waals surface area contributed by atoms with Crippen LogP contribution in [0, 0.1) is 12.3 Å². The molecule has 2 aliphatic rings. The van der Waals surface area contributed by atoms with E-state index in [0.717, 1.165) is 57.1 Å². The topological polar surface area (TPSA) is 84.5 Å². The first-order chi connectivity index (χ1) is 11.8. The maximum Gasteiger partial charge on any atom is 0.319 e. The van der Waals surface area contributed by atoms with Crippen LogP contribution in [0.1, 0.15) is 37.7 Å². The monoisotopic (exact) mass is 366 g/mol. The fraction of sp³-hybridized carbons (Fsp3) is 0.611. The van der Waals surface area contributed by atoms with Gasteiger partial charge < -0.3 is 15.4 Å². The molecule has 138 valence electrons. The second-order valence-corrected chi connectivity index (χ2v) is 9.27. The number of sulfone groups is 1. The average Bonchev–Trinajstić information content (AvgIpc) is 2.88. The van der Waals surface area contributed by atoms with Crippen LogP contribution < -0.4 is 10.6 Å². The minimum atomic E-state index is -3.41. The number of ether oxygens (including phenoxy) is 1. The molecular weight excluding hydrogens is 340 g/mol. The minimum Gasteiger partial charge on any atom is -0.381 e. The molecule has 2 fully saturated rings. The lowest BCUT2D eigenvalue weighted by atomic mass is 9.75. The van der Waals surface area contributed by atoms with Gasteiger partial charge in [-0.05, 0) is 55.7 Å². The third kappa shape index (κ3) is 3.98. The lowest BCUT2D eigenvalue weighted by Gasteiger charge is -2.39. The number of nitrogens with one attached hydrogen (secondary N) is 2. The van der Waals surface area contributed by atoms with E-state index < -0.39 is 9.84 Å². The molecule has 25 heavy (non-hydrogen) atoms. The molecule has 1 aliphatic carbocycles. The zero-order chi connectivity index (χ0) is 18.1. The van der Waals surface area contributed by atoms with Crippen LogP contribution in [-0.4, -0.2) is 40.0 Å². The zero-order valence-corrected chi connectivity index (χ0v) is 15.6. The summed E-state index contributed by atoms with van der Waals surface area (Å²) >= 11 is 0. The second-order valence-electron chi connectivity index (χ2n) is 7.29. The number of carbonyl (C=O) groups excluding carboxylic acids is 1. The van der Waals surface area contributed by atoms with Crippen molar-refractivity contribution in [3.05, 3.63) is 23.8 Å². The number of urea groups is 1. The van der Waals surface area contributed by atoms with E-state index in [-0.39, 0.29) is 22.4 Å². The summed E-state index contributed by atoms with van der Waals surface area (Å²) in [6.45, 7) is 3.36. The molecule has 0 bridgehead atoms. The summed E-state index contributed by atoms with van der Waals surface area (Å²) in [7, 11) is -3.41. The van der Waals surface area contributed by atoms with Crippen molar-refractivity contribution in [2.24, 2.45) is 5.41 Å². The van der Waals surface area contributed by atoms with Crippen LogP contribution in [0.2, 0.25) is 0 Å². The van der Waals surface area contributed by atoms with Crippen molar-refractivity contribution < 1.29 is 17.9 Å². The summed E-state index contributed by atoms with van der Waals surface area (Å²) in [5.41, 5.74) is 1.35. The molecule has 1 atom stereocenters. The smallest absolute Gasteiger partial charge is 0.319 e. The van der Waals surface area contributed by atoms with Crippen molar-refractivity contribution in [2.45, 2.75) is 50.0 Å². The van der Waals surface area contributed by atoms with Gasteiger partial charge in [0.2, 0.25) is 0 Å². The van der Waals surface area contributed by atoms with Crippen molar-refractivity contribution in [1.82, 2.24) is 5.32 Å². The van der Waals surface area contributed by atoms with Gasteiger partial charge in [0, 0.05) is 25.5 Å². The summed E-state index contributed by atoms with van der Waals surface area (Å²) < 4.78 is 29.4. The molecule has 1 aromatic carbocycles. The van der Waals surface area contributed by atoms with Crippen LogP contribution >= 0.6 is 0 Å². The lowest BCUT2D eigenvalue weighted by molar-refractivity contribution is 0.00652. The SMILES string of the molecule is Cc1ccc(S(C)(=O)=O)c(NC(=O)NC2CCCC23CCOCC3)c1. The molecule has 1 saturated carbocycles. The molecule has 2 amide bonds. The highest BCUT2D eigenvalue weighted by Crippen LogP contribution is 2.46. The van der Waals surface area contributed by atoms with E-state index in [1.54, 1.807) is 12.1 Å². The van der Waals surface area contributed by atoms with Gasteiger partial charge in [-0.15, -0.1) is 0 Å². The maximum absolute atomic E-state index is 12.5. The summed E-state index contributed by atoms with van der Waals surface area (Å²) in [6.07, 6.45) is 6.26. The number of benzene rings is 1. The predicted octanol–water partition coefficient (Wildman–Crippen LogP) is 2.87. The van der Waals surface area contributed by atoms with E-state index >= 15 is 0 Å². The van der Waals surface area contributed by atoms with Gasteiger partial charge in [0.05, 0.1) is 10.6 Å². The average molecular weight is 366 g/mol. The van der Waals surface area contributed by atoms with Crippen LogP contribution in [0.4, 0.5) is 10.5 Å². The third-order valence-corrected chi connectivity index (χ3v) is 6.64. The van der Waals surface area contributed by atoms with Crippen LogP contribution in [-0.2, 0) is 14.6 Å². The van der Waals surface area contributed by atoms with Gasteiger partial charge in [-0.25, -0.2) is 13.2 Å². The molecular formula is C18H26N2O4S. The number of amides is 2. The van der Waals surface area contributed by atoms with E-state index in [4.69, 9.17) is 4.74 Å². The van der Waals surface area contributed by atoms with Gasteiger partial charge in [-0.3, -0.25) is 0 Å². The highest BCUT2D eigenvalue weighted by Gasteiger charge is 2.44. The fourth-order valence-corrected chi connectivity index (χ4v) is 4.95. The Morgan fingerprint density at radius 2 is 1.96 bits per heavy atom. The van der Waals surface area contributed by atoms with Gasteiger partial charge in [0.15, 0.2) is 9.84 Å². The predicted molar refractivity (Wildman–Crippen MR) is 96.6 cm³/mol. The summed E-state index contributed by atoms with van der Waals surface area (Å²) in [4.78, 5) is 12.7. The van der Waals surface area contributed by atoms with Crippen molar-refractivity contribution in [3.63, 3.8) is 0 Å². The van der Waals surface area contributed by atoms with Gasteiger partial charge >= 0.3 is 6.03 Å². The molecule has 1 saturated heterocycles. The van der Waals surface area contributed by atoms with E-state index in [2.05, 4.69) is 10.6 Å². The van der Waals surface area contributed by atoms with Crippen LogP contribution in [0.25, 0.3) is 0 Å². The van der Waals surface area contributed by atoms with Crippen LogP contribution in [0.3, 0.4) is 0 Å². The van der Waals surface area contributed by atoms with Crippen LogP contribution in [0.5, 0.6) is 0 Å². The molecule has 1 unspecified atom stereocenters. The van der Waals surface area contributed by atoms with Crippen molar-refractivity contribution in [2.75, 3.05) is 24.8 Å². The molecule has 7 heteroatoms. The number of hydrogen-bond acceptors (Lipinski definition) is 4. The molecule has 3 rings (SSSR count). The Bertz CT molecular complexity index is 754. The van der Waals surface area contributed by atoms with Gasteiger partial charge in [0.25, 0.3) is 0 Å². The molecule has 2 N–H and O–H groups in total. The fourth-order valence-electron chi connectivity index (χ4n) is 4.12. The number of anilines is 1. The summed E-state index contributed by atoms with van der Waals surface area (Å²) in [6, 6.07) is 4.73. The highest BCUT2D eigenvalue weighted by atomic mass is 32.2. The lowest BCUT2D eigenvalue weighted by Crippen LogP contribution is -2.48. The Kier molecular flexibility index (Phi) is 5.06. The minimum absolute atomic E-state index is 0.114. The van der Waals surface area contributed by atoms with Crippen molar-refractivity contribution in [1.29, 1.82) is 0 Å². The maximum atomic E-state index is 12.5. The first-order valence-electron chi connectivity index (χ1n) is 8.76. The molecule has 0 radical (unpaired) electrons. The Morgan fingerprint density at radius 1 is 1.24 bits per heavy atom. The highest BCUT2D eigenvalue weighted by molar-refractivity contribution is 7.90. The second kappa shape index (κ2) is 6.96. The normalized spacial score (nSPS) is 22.7. The first-order valence-corrected chi connectivity index (χ1v) is 10.7. The zero-order valence-electron chi connectivity index (χ0n) is 14.8. The van der Waals surface area contributed by atoms with E-state index in [9.17, 15) is 13.2 Å². The van der Waals surface area contributed by atoms with E-state index in [1.165, 1.54) is 6.07 Å². The largest absolute Gasteiger partial charge is 0.381 e. The van der Waals surface area contributed by atoms with E-state index in [1.807, 2.05) is 6.92 Å². The van der Waals surface area contributed by atoms with Crippen LogP contribution in [0.15, 0.2) is 23.1 Å². The number of hydrogen-bond donors (Lipinski definition) is 2. The van der Waals surface area contributed by atoms with Gasteiger partial charge in [0.1, 0.15) is 0 Å². The van der Waals surface area contributed by atoms with E-state index in [0.29, 0.717) is 5.69 Å². The molecule has 1 aliphatic heterocycles. The third-order valence-electron chi connectivity index (χ3n) is 5.48. The molecule has 6 nitrogen and oxygen atoms in total. The Balaban J connectivity index is 1.74. The van der Waals surface area contributed by atoms with Crippen molar-refractivity contribution >= 4 is 21.6 Å². The number of carbonyl (C=O) groups is 1. The molecule has 1 aromatic rings. The first kappa shape index (κ1) is 18.2. The molecule has 1 spiro atoms. The summed E-state index contributed by atoms with van der Waals surface area (Å²) in [5, 5.41) is 5.83. The Labute approximate surface area is 149 Å².